The van der Waals surface area contributed by atoms with E-state index in [1.165, 1.54) is 0 Å². The number of para-hydroxylation sites is 1. The van der Waals surface area contributed by atoms with Gasteiger partial charge in [-0.1, -0.05) is 23.7 Å². The molecular formula is C16H21ClN2O4. The highest BCUT2D eigenvalue weighted by Crippen LogP contribution is 2.24. The Bertz CT molecular complexity index is 545. The van der Waals surface area contributed by atoms with Crippen molar-refractivity contribution < 1.29 is 19.4 Å². The molecule has 1 aliphatic carbocycles. The molecule has 2 amide bonds. The maximum atomic E-state index is 11.8. The molecule has 1 saturated carbocycles. The van der Waals surface area contributed by atoms with Gasteiger partial charge in [0.1, 0.15) is 12.4 Å². The second-order valence-corrected chi connectivity index (χ2v) is 5.97. The first-order chi connectivity index (χ1) is 11.1. The summed E-state index contributed by atoms with van der Waals surface area (Å²) in [6.07, 6.45) is 2.60. The SMILES string of the molecule is O=C(NCCOc1ccccc1Cl)NC1CCC(C(=O)O)CC1. The zero-order valence-corrected chi connectivity index (χ0v) is 13.5. The van der Waals surface area contributed by atoms with Crippen LogP contribution in [0.3, 0.4) is 0 Å². The molecule has 0 spiro atoms. The molecule has 1 aromatic rings. The molecule has 0 heterocycles. The van der Waals surface area contributed by atoms with Crippen LogP contribution in [0.5, 0.6) is 5.75 Å². The molecule has 0 aromatic heterocycles. The van der Waals surface area contributed by atoms with Crippen molar-refractivity contribution in [2.45, 2.75) is 31.7 Å². The van der Waals surface area contributed by atoms with E-state index >= 15 is 0 Å². The first-order valence-corrected chi connectivity index (χ1v) is 8.08. The number of hydrogen-bond acceptors (Lipinski definition) is 3. The number of carbonyl (C=O) groups is 2. The van der Waals surface area contributed by atoms with Gasteiger partial charge in [-0.3, -0.25) is 4.79 Å². The molecule has 126 valence electrons. The number of rotatable bonds is 6. The number of hydrogen-bond donors (Lipinski definition) is 3. The first kappa shape index (κ1) is 17.4. The van der Waals surface area contributed by atoms with Crippen LogP contribution in [0.1, 0.15) is 25.7 Å². The van der Waals surface area contributed by atoms with Gasteiger partial charge in [0, 0.05) is 6.04 Å². The van der Waals surface area contributed by atoms with Crippen molar-refractivity contribution in [1.82, 2.24) is 10.6 Å². The fourth-order valence-corrected chi connectivity index (χ4v) is 2.80. The minimum atomic E-state index is -0.746. The Morgan fingerprint density at radius 1 is 1.22 bits per heavy atom. The number of carboxylic acid groups (broad SMARTS) is 1. The number of nitrogens with one attached hydrogen (secondary N) is 2. The first-order valence-electron chi connectivity index (χ1n) is 7.70. The van der Waals surface area contributed by atoms with Gasteiger partial charge in [0.15, 0.2) is 0 Å². The molecule has 0 aliphatic heterocycles. The molecule has 1 aromatic carbocycles. The quantitative estimate of drug-likeness (QED) is 0.695. The van der Waals surface area contributed by atoms with Gasteiger partial charge in [-0.25, -0.2) is 4.79 Å². The Hall–Kier alpha value is -1.95. The molecule has 0 atom stereocenters. The molecule has 2 rings (SSSR count). The molecule has 0 radical (unpaired) electrons. The van der Waals surface area contributed by atoms with Crippen LogP contribution in [0.4, 0.5) is 4.79 Å². The second-order valence-electron chi connectivity index (χ2n) is 5.57. The minimum absolute atomic E-state index is 0.0371. The van der Waals surface area contributed by atoms with Crippen molar-refractivity contribution in [1.29, 1.82) is 0 Å². The summed E-state index contributed by atoms with van der Waals surface area (Å²) in [5, 5.41) is 15.1. The number of urea groups is 1. The summed E-state index contributed by atoms with van der Waals surface area (Å²) in [7, 11) is 0. The fraction of sp³-hybridized carbons (Fsp3) is 0.500. The van der Waals surface area contributed by atoms with E-state index in [1.54, 1.807) is 12.1 Å². The molecule has 6 nitrogen and oxygen atoms in total. The third kappa shape index (κ3) is 5.63. The molecule has 0 saturated heterocycles. The lowest BCUT2D eigenvalue weighted by atomic mass is 9.86. The van der Waals surface area contributed by atoms with Crippen molar-refractivity contribution in [3.63, 3.8) is 0 Å². The maximum absolute atomic E-state index is 11.8. The van der Waals surface area contributed by atoms with Gasteiger partial charge in [-0.2, -0.15) is 0 Å². The van der Waals surface area contributed by atoms with Crippen LogP contribution in [0.15, 0.2) is 24.3 Å². The Balaban J connectivity index is 1.61. The lowest BCUT2D eigenvalue weighted by Gasteiger charge is -2.26. The van der Waals surface area contributed by atoms with Crippen molar-refractivity contribution >= 4 is 23.6 Å². The van der Waals surface area contributed by atoms with Gasteiger partial charge in [-0.05, 0) is 37.8 Å². The summed E-state index contributed by atoms with van der Waals surface area (Å²) in [6.45, 7) is 0.685. The molecule has 7 heteroatoms. The topological polar surface area (TPSA) is 87.7 Å². The average molecular weight is 341 g/mol. The highest BCUT2D eigenvalue weighted by molar-refractivity contribution is 6.32. The number of carboxylic acids is 1. The van der Waals surface area contributed by atoms with E-state index < -0.39 is 5.97 Å². The Morgan fingerprint density at radius 3 is 2.57 bits per heavy atom. The second kappa shape index (κ2) is 8.62. The predicted molar refractivity (Wildman–Crippen MR) is 86.9 cm³/mol. The third-order valence-electron chi connectivity index (χ3n) is 3.89. The Kier molecular flexibility index (Phi) is 6.52. The monoisotopic (exact) mass is 340 g/mol. The van der Waals surface area contributed by atoms with Gasteiger partial charge in [-0.15, -0.1) is 0 Å². The van der Waals surface area contributed by atoms with Crippen LogP contribution in [-0.2, 0) is 4.79 Å². The van der Waals surface area contributed by atoms with Crippen molar-refractivity contribution in [2.75, 3.05) is 13.2 Å². The van der Waals surface area contributed by atoms with E-state index in [9.17, 15) is 9.59 Å². The third-order valence-corrected chi connectivity index (χ3v) is 4.21. The fourth-order valence-electron chi connectivity index (χ4n) is 2.61. The van der Waals surface area contributed by atoms with E-state index in [2.05, 4.69) is 10.6 Å². The largest absolute Gasteiger partial charge is 0.490 e. The number of amides is 2. The zero-order chi connectivity index (χ0) is 16.7. The van der Waals surface area contributed by atoms with Crippen LogP contribution in [-0.4, -0.2) is 36.3 Å². The summed E-state index contributed by atoms with van der Waals surface area (Å²) in [5.41, 5.74) is 0. The van der Waals surface area contributed by atoms with E-state index in [0.29, 0.717) is 49.6 Å². The highest BCUT2D eigenvalue weighted by Gasteiger charge is 2.26. The highest BCUT2D eigenvalue weighted by atomic mass is 35.5. The molecular weight excluding hydrogens is 320 g/mol. The van der Waals surface area contributed by atoms with E-state index in [0.717, 1.165) is 0 Å². The summed E-state index contributed by atoms with van der Waals surface area (Å²) in [5.74, 6) is -0.437. The summed E-state index contributed by atoms with van der Waals surface area (Å²) in [6, 6.07) is 6.93. The molecule has 1 aliphatic rings. The smallest absolute Gasteiger partial charge is 0.315 e. The molecule has 0 unspecified atom stereocenters. The van der Waals surface area contributed by atoms with Gasteiger partial charge in [0.25, 0.3) is 0 Å². The van der Waals surface area contributed by atoms with Crippen LogP contribution < -0.4 is 15.4 Å². The van der Waals surface area contributed by atoms with Crippen LogP contribution in [0, 0.1) is 5.92 Å². The number of aliphatic carboxylic acids is 1. The maximum Gasteiger partial charge on any atom is 0.315 e. The standard InChI is InChI=1S/C16H21ClN2O4/c17-13-3-1-2-4-14(13)23-10-9-18-16(22)19-12-7-5-11(6-8-12)15(20)21/h1-4,11-12H,5-10H2,(H,20,21)(H2,18,19,22). The number of carbonyl (C=O) groups excluding carboxylic acids is 1. The molecule has 1 fully saturated rings. The Labute approximate surface area is 140 Å². The summed E-state index contributed by atoms with van der Waals surface area (Å²) in [4.78, 5) is 22.7. The van der Waals surface area contributed by atoms with Gasteiger partial charge in [0.05, 0.1) is 17.5 Å². The number of benzene rings is 1. The van der Waals surface area contributed by atoms with E-state index in [-0.39, 0.29) is 18.0 Å². The number of halogens is 1. The Morgan fingerprint density at radius 2 is 1.91 bits per heavy atom. The van der Waals surface area contributed by atoms with Crippen molar-refractivity contribution in [2.24, 2.45) is 5.92 Å². The summed E-state index contributed by atoms with van der Waals surface area (Å²) < 4.78 is 5.48. The lowest BCUT2D eigenvalue weighted by Crippen LogP contribution is -2.45. The predicted octanol–water partition coefficient (Wildman–Crippen LogP) is 2.66. The van der Waals surface area contributed by atoms with Crippen LogP contribution in [0.2, 0.25) is 5.02 Å². The zero-order valence-electron chi connectivity index (χ0n) is 12.8. The molecule has 23 heavy (non-hydrogen) atoms. The molecule has 0 bridgehead atoms. The summed E-state index contributed by atoms with van der Waals surface area (Å²) >= 11 is 5.96. The van der Waals surface area contributed by atoms with E-state index in [4.69, 9.17) is 21.4 Å². The van der Waals surface area contributed by atoms with Crippen LogP contribution >= 0.6 is 11.6 Å². The van der Waals surface area contributed by atoms with Crippen molar-refractivity contribution in [3.05, 3.63) is 29.3 Å². The minimum Gasteiger partial charge on any atom is -0.490 e. The molecule has 3 N–H and O–H groups in total. The normalized spacial score (nSPS) is 20.6. The average Bonchev–Trinajstić information content (AvgIpc) is 2.53. The van der Waals surface area contributed by atoms with Crippen molar-refractivity contribution in [3.8, 4) is 5.75 Å². The van der Waals surface area contributed by atoms with Gasteiger partial charge in [0.2, 0.25) is 0 Å². The van der Waals surface area contributed by atoms with Crippen LogP contribution in [0.25, 0.3) is 0 Å². The van der Waals surface area contributed by atoms with E-state index in [1.807, 2.05) is 12.1 Å². The van der Waals surface area contributed by atoms with Gasteiger partial charge < -0.3 is 20.5 Å². The lowest BCUT2D eigenvalue weighted by molar-refractivity contribution is -0.142. The number of ether oxygens (including phenoxy) is 1. The van der Waals surface area contributed by atoms with Gasteiger partial charge >= 0.3 is 12.0 Å².